The third-order valence-corrected chi connectivity index (χ3v) is 2.92. The standard InChI is InChI=1S/C16H14F2O2/c1-3-20-15-7-5-4-6-11(15)16(19)12-9-13(17)10(2)8-14(12)18/h4-9H,3H2,1-2H3. The summed E-state index contributed by atoms with van der Waals surface area (Å²) in [6.07, 6.45) is 0. The fraction of sp³-hybridized carbons (Fsp3) is 0.188. The number of aryl methyl sites for hydroxylation is 1. The minimum Gasteiger partial charge on any atom is -0.493 e. The quantitative estimate of drug-likeness (QED) is 0.792. The van der Waals surface area contributed by atoms with Crippen LogP contribution in [0.4, 0.5) is 8.78 Å². The van der Waals surface area contributed by atoms with Gasteiger partial charge in [-0.05, 0) is 43.7 Å². The molecule has 0 aliphatic heterocycles. The summed E-state index contributed by atoms with van der Waals surface area (Å²) in [7, 11) is 0. The lowest BCUT2D eigenvalue weighted by atomic mass is 10.0. The van der Waals surface area contributed by atoms with Crippen LogP contribution in [0.15, 0.2) is 36.4 Å². The first kappa shape index (κ1) is 14.2. The number of hydrogen-bond donors (Lipinski definition) is 0. The molecule has 4 heteroatoms. The molecule has 2 nitrogen and oxygen atoms in total. The number of ether oxygens (including phenoxy) is 1. The maximum atomic E-state index is 13.9. The van der Waals surface area contributed by atoms with E-state index in [2.05, 4.69) is 0 Å². The van der Waals surface area contributed by atoms with Gasteiger partial charge in [0.2, 0.25) is 0 Å². The molecule has 2 aromatic rings. The fourth-order valence-corrected chi connectivity index (χ4v) is 1.90. The van der Waals surface area contributed by atoms with Crippen LogP contribution in [0, 0.1) is 18.6 Å². The number of ketones is 1. The van der Waals surface area contributed by atoms with Crippen molar-refractivity contribution in [3.8, 4) is 5.75 Å². The lowest BCUT2D eigenvalue weighted by Crippen LogP contribution is -2.08. The highest BCUT2D eigenvalue weighted by Gasteiger charge is 2.19. The zero-order valence-corrected chi connectivity index (χ0v) is 11.2. The molecule has 0 spiro atoms. The molecule has 0 saturated heterocycles. The van der Waals surface area contributed by atoms with Crippen molar-refractivity contribution in [2.24, 2.45) is 0 Å². The lowest BCUT2D eigenvalue weighted by Gasteiger charge is -2.10. The molecule has 2 rings (SSSR count). The van der Waals surface area contributed by atoms with E-state index in [9.17, 15) is 13.6 Å². The van der Waals surface area contributed by atoms with Gasteiger partial charge in [0.15, 0.2) is 5.78 Å². The Labute approximate surface area is 116 Å². The molecule has 104 valence electrons. The van der Waals surface area contributed by atoms with Crippen molar-refractivity contribution >= 4 is 5.78 Å². The van der Waals surface area contributed by atoms with Gasteiger partial charge >= 0.3 is 0 Å². The van der Waals surface area contributed by atoms with Gasteiger partial charge < -0.3 is 4.74 Å². The molecule has 0 amide bonds. The minimum absolute atomic E-state index is 0.164. The van der Waals surface area contributed by atoms with Crippen molar-refractivity contribution in [1.82, 2.24) is 0 Å². The summed E-state index contributed by atoms with van der Waals surface area (Å²) < 4.78 is 32.7. The Morgan fingerprint density at radius 1 is 1.10 bits per heavy atom. The first-order valence-corrected chi connectivity index (χ1v) is 6.26. The Kier molecular flexibility index (Phi) is 4.13. The predicted molar refractivity (Wildman–Crippen MR) is 72.1 cm³/mol. The first-order chi connectivity index (χ1) is 9.54. The summed E-state index contributed by atoms with van der Waals surface area (Å²) in [5.41, 5.74) is 0.0916. The maximum absolute atomic E-state index is 13.9. The molecule has 0 saturated carbocycles. The third-order valence-electron chi connectivity index (χ3n) is 2.92. The second kappa shape index (κ2) is 5.82. The average Bonchev–Trinajstić information content (AvgIpc) is 2.43. The van der Waals surface area contributed by atoms with Crippen LogP contribution in [0.1, 0.15) is 28.4 Å². The second-order valence-electron chi connectivity index (χ2n) is 4.34. The van der Waals surface area contributed by atoms with Crippen LogP contribution < -0.4 is 4.74 Å². The van der Waals surface area contributed by atoms with Gasteiger partial charge in [0.1, 0.15) is 17.4 Å². The lowest BCUT2D eigenvalue weighted by molar-refractivity contribution is 0.103. The highest BCUT2D eigenvalue weighted by atomic mass is 19.1. The monoisotopic (exact) mass is 276 g/mol. The largest absolute Gasteiger partial charge is 0.493 e. The van der Waals surface area contributed by atoms with E-state index < -0.39 is 17.4 Å². The summed E-state index contributed by atoms with van der Waals surface area (Å²) >= 11 is 0. The van der Waals surface area contributed by atoms with Crippen LogP contribution in [-0.4, -0.2) is 12.4 Å². The van der Waals surface area contributed by atoms with E-state index in [0.717, 1.165) is 12.1 Å². The predicted octanol–water partition coefficient (Wildman–Crippen LogP) is 3.90. The van der Waals surface area contributed by atoms with E-state index in [4.69, 9.17) is 4.74 Å². The van der Waals surface area contributed by atoms with E-state index in [-0.39, 0.29) is 16.7 Å². The minimum atomic E-state index is -0.736. The van der Waals surface area contributed by atoms with E-state index >= 15 is 0 Å². The van der Waals surface area contributed by atoms with Crippen molar-refractivity contribution in [3.63, 3.8) is 0 Å². The molecular formula is C16H14F2O2. The Balaban J connectivity index is 2.49. The molecule has 0 aliphatic rings. The SMILES string of the molecule is CCOc1ccccc1C(=O)c1cc(F)c(C)cc1F. The number of carbonyl (C=O) groups is 1. The van der Waals surface area contributed by atoms with Crippen LogP contribution >= 0.6 is 0 Å². The summed E-state index contributed by atoms with van der Waals surface area (Å²) in [5, 5.41) is 0. The van der Waals surface area contributed by atoms with Crippen LogP contribution in [-0.2, 0) is 0 Å². The van der Waals surface area contributed by atoms with Crippen LogP contribution in [0.25, 0.3) is 0 Å². The van der Waals surface area contributed by atoms with Crippen molar-refractivity contribution in [1.29, 1.82) is 0 Å². The summed E-state index contributed by atoms with van der Waals surface area (Å²) in [6.45, 7) is 3.61. The molecule has 0 aliphatic carbocycles. The fourth-order valence-electron chi connectivity index (χ4n) is 1.90. The normalized spacial score (nSPS) is 10.4. The van der Waals surface area contributed by atoms with Gasteiger partial charge in [-0.2, -0.15) is 0 Å². The van der Waals surface area contributed by atoms with Gasteiger partial charge in [0.05, 0.1) is 17.7 Å². The van der Waals surface area contributed by atoms with Crippen LogP contribution in [0.2, 0.25) is 0 Å². The van der Waals surface area contributed by atoms with Crippen molar-refractivity contribution in [2.45, 2.75) is 13.8 Å². The number of hydrogen-bond acceptors (Lipinski definition) is 2. The van der Waals surface area contributed by atoms with Crippen molar-refractivity contribution < 1.29 is 18.3 Å². The highest BCUT2D eigenvalue weighted by molar-refractivity contribution is 6.10. The molecule has 2 aromatic carbocycles. The molecule has 0 aromatic heterocycles. The summed E-state index contributed by atoms with van der Waals surface area (Å²) in [4.78, 5) is 12.3. The second-order valence-corrected chi connectivity index (χ2v) is 4.34. The first-order valence-electron chi connectivity index (χ1n) is 6.26. The van der Waals surface area contributed by atoms with Gasteiger partial charge in [-0.15, -0.1) is 0 Å². The zero-order chi connectivity index (χ0) is 14.7. The summed E-state index contributed by atoms with van der Waals surface area (Å²) in [6, 6.07) is 8.47. The number of benzene rings is 2. The molecule has 0 bridgehead atoms. The molecular weight excluding hydrogens is 262 g/mol. The van der Waals surface area contributed by atoms with Gasteiger partial charge in [-0.3, -0.25) is 4.79 Å². The van der Waals surface area contributed by atoms with E-state index in [1.165, 1.54) is 13.0 Å². The Morgan fingerprint density at radius 3 is 2.50 bits per heavy atom. The number of halogens is 2. The zero-order valence-electron chi connectivity index (χ0n) is 11.2. The topological polar surface area (TPSA) is 26.3 Å². The van der Waals surface area contributed by atoms with E-state index in [1.807, 2.05) is 0 Å². The Morgan fingerprint density at radius 2 is 1.80 bits per heavy atom. The maximum Gasteiger partial charge on any atom is 0.199 e. The smallest absolute Gasteiger partial charge is 0.199 e. The van der Waals surface area contributed by atoms with Gasteiger partial charge in [-0.25, -0.2) is 8.78 Å². The third kappa shape index (κ3) is 2.69. The van der Waals surface area contributed by atoms with Gasteiger partial charge in [-0.1, -0.05) is 12.1 Å². The van der Waals surface area contributed by atoms with Gasteiger partial charge in [0, 0.05) is 0 Å². The van der Waals surface area contributed by atoms with Crippen molar-refractivity contribution in [2.75, 3.05) is 6.61 Å². The van der Waals surface area contributed by atoms with E-state index in [0.29, 0.717) is 12.4 Å². The van der Waals surface area contributed by atoms with Crippen LogP contribution in [0.3, 0.4) is 0 Å². The average molecular weight is 276 g/mol. The van der Waals surface area contributed by atoms with Gasteiger partial charge in [0.25, 0.3) is 0 Å². The molecule has 0 radical (unpaired) electrons. The number of para-hydroxylation sites is 1. The molecule has 0 heterocycles. The Hall–Kier alpha value is -2.23. The highest BCUT2D eigenvalue weighted by Crippen LogP contribution is 2.24. The molecule has 0 unspecified atom stereocenters. The number of carbonyl (C=O) groups excluding carboxylic acids is 1. The molecule has 0 atom stereocenters. The number of rotatable bonds is 4. The Bertz CT molecular complexity index is 651. The molecule has 0 N–H and O–H groups in total. The molecule has 0 fully saturated rings. The van der Waals surface area contributed by atoms with Crippen LogP contribution in [0.5, 0.6) is 5.75 Å². The molecule has 20 heavy (non-hydrogen) atoms. The van der Waals surface area contributed by atoms with E-state index in [1.54, 1.807) is 25.1 Å². The van der Waals surface area contributed by atoms with Crippen molar-refractivity contribution in [3.05, 3.63) is 64.7 Å². The summed E-state index contributed by atoms with van der Waals surface area (Å²) in [5.74, 6) is -1.57.